The molecule has 2 aromatic rings. The summed E-state index contributed by atoms with van der Waals surface area (Å²) < 4.78 is 43.0. The molecule has 0 radical (unpaired) electrons. The van der Waals surface area contributed by atoms with Crippen molar-refractivity contribution in [2.75, 3.05) is 0 Å². The highest BCUT2D eigenvalue weighted by atomic mass is 32.2. The fourth-order valence-corrected chi connectivity index (χ4v) is 5.16. The Morgan fingerprint density at radius 3 is 2.52 bits per heavy atom. The molecule has 2 fully saturated rings. The Morgan fingerprint density at radius 1 is 1.23 bits per heavy atom. The van der Waals surface area contributed by atoms with Crippen LogP contribution < -0.4 is 5.14 Å². The van der Waals surface area contributed by atoms with Gasteiger partial charge in [-0.15, -0.1) is 0 Å². The van der Waals surface area contributed by atoms with Crippen molar-refractivity contribution < 1.29 is 22.3 Å². The number of fused-ring (bicyclic) bond motifs is 2. The third-order valence-electron chi connectivity index (χ3n) is 5.92. The highest BCUT2D eigenvalue weighted by Crippen LogP contribution is 2.47. The molecule has 2 saturated heterocycles. The van der Waals surface area contributed by atoms with Crippen LogP contribution in [0.1, 0.15) is 51.5 Å². The Labute approximate surface area is 181 Å². The van der Waals surface area contributed by atoms with Crippen molar-refractivity contribution in [1.29, 1.82) is 0 Å². The molecule has 1 aromatic carbocycles. The monoisotopic (exact) mass is 447 g/mol. The van der Waals surface area contributed by atoms with E-state index in [2.05, 4.69) is 4.98 Å². The Hall–Kier alpha value is -2.52. The van der Waals surface area contributed by atoms with E-state index in [1.165, 1.54) is 30.5 Å². The summed E-state index contributed by atoms with van der Waals surface area (Å²) in [6, 6.07) is 7.55. The Bertz CT molecular complexity index is 1110. The molecule has 2 N–H and O–H groups in total. The Morgan fingerprint density at radius 2 is 1.90 bits per heavy atom. The van der Waals surface area contributed by atoms with Gasteiger partial charge in [0.1, 0.15) is 5.60 Å². The molecule has 1 aromatic heterocycles. The second-order valence-electron chi connectivity index (χ2n) is 9.20. The van der Waals surface area contributed by atoms with Crippen molar-refractivity contribution in [3.8, 4) is 11.1 Å². The van der Waals surface area contributed by atoms with Crippen LogP contribution in [0.25, 0.3) is 11.1 Å². The van der Waals surface area contributed by atoms with Crippen LogP contribution in [0.5, 0.6) is 0 Å². The summed E-state index contributed by atoms with van der Waals surface area (Å²) in [5, 5.41) is 5.14. The molecule has 7 nitrogen and oxygen atoms in total. The second-order valence-corrected chi connectivity index (χ2v) is 10.8. The summed E-state index contributed by atoms with van der Waals surface area (Å²) in [6.45, 7) is 5.53. The topological polar surface area (TPSA) is 103 Å². The van der Waals surface area contributed by atoms with Gasteiger partial charge in [-0.25, -0.2) is 23.3 Å². The van der Waals surface area contributed by atoms with E-state index in [0.717, 1.165) is 24.8 Å². The Balaban J connectivity index is 1.61. The zero-order chi connectivity index (χ0) is 22.6. The number of nitrogens with zero attached hydrogens (tertiary/aromatic N) is 2. The molecular formula is C22H26FN3O4S. The molecule has 9 heteroatoms. The number of sulfonamides is 1. The van der Waals surface area contributed by atoms with E-state index in [4.69, 9.17) is 9.88 Å². The van der Waals surface area contributed by atoms with E-state index in [-0.39, 0.29) is 34.6 Å². The number of primary sulfonamides is 1. The lowest BCUT2D eigenvalue weighted by molar-refractivity contribution is 0.0213. The molecule has 3 atom stereocenters. The first-order valence-electron chi connectivity index (χ1n) is 10.2. The SMILES string of the molecule is CC(C)(C)OC(=O)N1C2CCC1C(c1cnc(F)c(-c3ccc(S(N)(=O)=O)cc3)c1)C2. The number of ether oxygens (including phenoxy) is 1. The predicted octanol–water partition coefficient (Wildman–Crippen LogP) is 3.79. The average molecular weight is 448 g/mol. The number of halogens is 1. The molecule has 166 valence electrons. The van der Waals surface area contributed by atoms with Crippen LogP contribution in [0.4, 0.5) is 9.18 Å². The molecule has 0 aliphatic carbocycles. The molecule has 4 rings (SSSR count). The fourth-order valence-electron chi connectivity index (χ4n) is 4.64. The molecule has 2 aliphatic heterocycles. The number of carbonyl (C=O) groups is 1. The first-order valence-corrected chi connectivity index (χ1v) is 11.8. The zero-order valence-corrected chi connectivity index (χ0v) is 18.5. The van der Waals surface area contributed by atoms with Crippen LogP contribution in [0, 0.1) is 5.95 Å². The molecule has 1 amide bonds. The van der Waals surface area contributed by atoms with Gasteiger partial charge in [0.05, 0.1) is 4.90 Å². The molecule has 0 saturated carbocycles. The highest BCUT2D eigenvalue weighted by Gasteiger charge is 2.50. The number of nitrogens with two attached hydrogens (primary N) is 1. The average Bonchev–Trinajstić information content (AvgIpc) is 3.25. The smallest absolute Gasteiger partial charge is 0.410 e. The minimum absolute atomic E-state index is 0.00952. The van der Waals surface area contributed by atoms with Crippen molar-refractivity contribution in [2.24, 2.45) is 5.14 Å². The fraction of sp³-hybridized carbons (Fsp3) is 0.455. The number of pyridine rings is 1. The van der Waals surface area contributed by atoms with Gasteiger partial charge in [-0.1, -0.05) is 12.1 Å². The van der Waals surface area contributed by atoms with Gasteiger partial charge in [0, 0.05) is 29.8 Å². The van der Waals surface area contributed by atoms with E-state index in [0.29, 0.717) is 5.56 Å². The van der Waals surface area contributed by atoms with Crippen LogP contribution >= 0.6 is 0 Å². The van der Waals surface area contributed by atoms with Gasteiger partial charge in [0.15, 0.2) is 0 Å². The van der Waals surface area contributed by atoms with E-state index in [1.54, 1.807) is 6.07 Å². The third kappa shape index (κ3) is 4.29. The summed E-state index contributed by atoms with van der Waals surface area (Å²) in [7, 11) is -3.83. The number of carbonyl (C=O) groups excluding carboxylic acids is 1. The van der Waals surface area contributed by atoms with Gasteiger partial charge < -0.3 is 9.64 Å². The lowest BCUT2D eigenvalue weighted by atomic mass is 9.84. The first kappa shape index (κ1) is 21.7. The van der Waals surface area contributed by atoms with Gasteiger partial charge >= 0.3 is 6.09 Å². The number of rotatable bonds is 3. The second kappa shape index (κ2) is 7.56. The van der Waals surface area contributed by atoms with Gasteiger partial charge in [0.25, 0.3) is 0 Å². The quantitative estimate of drug-likeness (QED) is 0.721. The highest BCUT2D eigenvalue weighted by molar-refractivity contribution is 7.89. The summed E-state index contributed by atoms with van der Waals surface area (Å²) >= 11 is 0. The van der Waals surface area contributed by atoms with Crippen molar-refractivity contribution in [2.45, 2.75) is 68.5 Å². The summed E-state index contributed by atoms with van der Waals surface area (Å²) in [5.74, 6) is -0.596. The maximum atomic E-state index is 14.5. The van der Waals surface area contributed by atoms with Crippen LogP contribution in [0.15, 0.2) is 41.4 Å². The first-order chi connectivity index (χ1) is 14.4. The largest absolute Gasteiger partial charge is 0.444 e. The summed E-state index contributed by atoms with van der Waals surface area (Å²) in [6.07, 6.45) is 3.79. The molecule has 2 bridgehead atoms. The third-order valence-corrected chi connectivity index (χ3v) is 6.85. The normalized spacial score (nSPS) is 23.3. The van der Waals surface area contributed by atoms with Gasteiger partial charge in [0.2, 0.25) is 16.0 Å². The van der Waals surface area contributed by atoms with Crippen LogP contribution in [-0.2, 0) is 14.8 Å². The number of hydrogen-bond donors (Lipinski definition) is 1. The van der Waals surface area contributed by atoms with Crippen molar-refractivity contribution in [1.82, 2.24) is 9.88 Å². The van der Waals surface area contributed by atoms with E-state index >= 15 is 0 Å². The molecule has 3 heterocycles. The maximum absolute atomic E-state index is 14.5. The predicted molar refractivity (Wildman–Crippen MR) is 113 cm³/mol. The molecular weight excluding hydrogens is 421 g/mol. The molecule has 31 heavy (non-hydrogen) atoms. The van der Waals surface area contributed by atoms with E-state index in [1.807, 2.05) is 25.7 Å². The van der Waals surface area contributed by atoms with E-state index in [9.17, 15) is 17.6 Å². The van der Waals surface area contributed by atoms with Gasteiger partial charge in [-0.3, -0.25) is 0 Å². The van der Waals surface area contributed by atoms with Crippen LogP contribution in [0.2, 0.25) is 0 Å². The minimum atomic E-state index is -3.83. The standard InChI is InChI=1S/C22H26FN3O4S/c1-22(2,3)30-21(27)26-15-6-9-19(26)17(11-15)14-10-18(20(23)25-12-14)13-4-7-16(8-5-13)31(24,28)29/h4-5,7-8,10,12,15,17,19H,6,9,11H2,1-3H3,(H2,24,28,29). The molecule has 3 unspecified atom stereocenters. The number of benzene rings is 1. The minimum Gasteiger partial charge on any atom is -0.444 e. The lowest BCUT2D eigenvalue weighted by Gasteiger charge is -2.28. The van der Waals surface area contributed by atoms with Gasteiger partial charge in [-0.05, 0) is 69.4 Å². The Kier molecular flexibility index (Phi) is 5.29. The summed E-state index contributed by atoms with van der Waals surface area (Å²) in [4.78, 5) is 18.5. The number of aromatic nitrogens is 1. The summed E-state index contributed by atoms with van der Waals surface area (Å²) in [5.41, 5.74) is 1.08. The number of amides is 1. The zero-order valence-electron chi connectivity index (χ0n) is 17.7. The van der Waals surface area contributed by atoms with Crippen LogP contribution in [0.3, 0.4) is 0 Å². The van der Waals surface area contributed by atoms with Crippen LogP contribution in [-0.4, -0.2) is 42.1 Å². The van der Waals surface area contributed by atoms with Gasteiger partial charge in [-0.2, -0.15) is 4.39 Å². The van der Waals surface area contributed by atoms with Crippen molar-refractivity contribution in [3.05, 3.63) is 48.0 Å². The van der Waals surface area contributed by atoms with E-state index < -0.39 is 21.6 Å². The lowest BCUT2D eigenvalue weighted by Crippen LogP contribution is -2.40. The molecule has 2 aliphatic rings. The maximum Gasteiger partial charge on any atom is 0.410 e. The van der Waals surface area contributed by atoms with Crippen molar-refractivity contribution >= 4 is 16.1 Å². The number of hydrogen-bond acceptors (Lipinski definition) is 5. The molecule has 0 spiro atoms. The van der Waals surface area contributed by atoms with Crippen molar-refractivity contribution in [3.63, 3.8) is 0 Å².